The lowest BCUT2D eigenvalue weighted by Crippen LogP contribution is -2.16. The number of hydrogen-bond donors (Lipinski definition) is 2. The summed E-state index contributed by atoms with van der Waals surface area (Å²) in [5.41, 5.74) is 2.65. The van der Waals surface area contributed by atoms with Gasteiger partial charge in [-0.2, -0.15) is 0 Å². The molecule has 10 heteroatoms. The maximum atomic E-state index is 12.9. The Morgan fingerprint density at radius 1 is 0.871 bits per heavy atom. The van der Waals surface area contributed by atoms with E-state index in [1.807, 2.05) is 37.3 Å². The van der Waals surface area contributed by atoms with Crippen LogP contribution in [0.4, 0.5) is 23.0 Å². The predicted molar refractivity (Wildman–Crippen MR) is 118 cm³/mol. The maximum Gasteiger partial charge on any atom is 0.269 e. The van der Waals surface area contributed by atoms with Gasteiger partial charge in [-0.1, -0.05) is 24.3 Å². The number of nitro groups is 1. The first-order chi connectivity index (χ1) is 14.8. The number of aryl methyl sites for hydroxylation is 1. The highest BCUT2D eigenvalue weighted by molar-refractivity contribution is 7.92. The van der Waals surface area contributed by atoms with E-state index in [2.05, 4.69) is 20.0 Å². The first kappa shape index (κ1) is 20.2. The van der Waals surface area contributed by atoms with Gasteiger partial charge in [-0.05, 0) is 48.9 Å². The number of non-ortho nitro benzene ring substituents is 1. The number of nitrogens with zero attached hydrogens (tertiary/aromatic N) is 3. The zero-order valence-electron chi connectivity index (χ0n) is 16.3. The van der Waals surface area contributed by atoms with Gasteiger partial charge in [0.05, 0.1) is 20.9 Å². The number of fused-ring (bicyclic) bond motifs is 1. The molecule has 0 spiro atoms. The van der Waals surface area contributed by atoms with Gasteiger partial charge >= 0.3 is 0 Å². The summed E-state index contributed by atoms with van der Waals surface area (Å²) in [7, 11) is -4.06. The Hall–Kier alpha value is -4.05. The van der Waals surface area contributed by atoms with Crippen molar-refractivity contribution in [2.75, 3.05) is 10.0 Å². The number of sulfonamides is 1. The van der Waals surface area contributed by atoms with Crippen LogP contribution in [0.2, 0.25) is 0 Å². The number of anilines is 3. The number of para-hydroxylation sites is 2. The molecule has 0 unspecified atom stereocenters. The van der Waals surface area contributed by atoms with Gasteiger partial charge in [-0.3, -0.25) is 14.8 Å². The third kappa shape index (κ3) is 4.43. The first-order valence-electron chi connectivity index (χ1n) is 9.19. The lowest BCUT2D eigenvalue weighted by atomic mass is 10.2. The second kappa shape index (κ2) is 8.00. The highest BCUT2D eigenvalue weighted by Crippen LogP contribution is 2.27. The van der Waals surface area contributed by atoms with Crippen molar-refractivity contribution in [3.05, 3.63) is 88.5 Å². The average molecular weight is 435 g/mol. The van der Waals surface area contributed by atoms with Crippen LogP contribution in [-0.4, -0.2) is 23.3 Å². The fourth-order valence-corrected chi connectivity index (χ4v) is 3.96. The van der Waals surface area contributed by atoms with Crippen LogP contribution in [-0.2, 0) is 10.0 Å². The van der Waals surface area contributed by atoms with Crippen LogP contribution in [0, 0.1) is 17.0 Å². The number of aromatic nitrogens is 2. The third-order valence-corrected chi connectivity index (χ3v) is 5.80. The number of rotatable bonds is 6. The fraction of sp³-hybridized carbons (Fsp3) is 0.0476. The normalized spacial score (nSPS) is 11.3. The van der Waals surface area contributed by atoms with E-state index in [1.165, 1.54) is 12.1 Å². The number of hydrogen-bond acceptors (Lipinski definition) is 7. The standard InChI is InChI=1S/C21H17N5O4S/c1-14-5-4-6-15(13-14)22-20-21(24-19-8-3-2-7-18(19)23-20)25-31(29,30)17-11-9-16(10-12-17)26(27)28/h2-13H,1H3,(H,22,23)(H,24,25). The monoisotopic (exact) mass is 435 g/mol. The van der Waals surface area contributed by atoms with Gasteiger partial charge in [-0.15, -0.1) is 0 Å². The van der Waals surface area contributed by atoms with Crippen molar-refractivity contribution in [1.82, 2.24) is 9.97 Å². The first-order valence-corrected chi connectivity index (χ1v) is 10.7. The van der Waals surface area contributed by atoms with Crippen LogP contribution in [0.5, 0.6) is 0 Å². The molecule has 0 aliphatic rings. The molecular weight excluding hydrogens is 418 g/mol. The molecule has 1 aromatic heterocycles. The van der Waals surface area contributed by atoms with Gasteiger partial charge in [0, 0.05) is 17.8 Å². The molecule has 4 rings (SSSR count). The van der Waals surface area contributed by atoms with E-state index >= 15 is 0 Å². The third-order valence-electron chi connectivity index (χ3n) is 4.44. The maximum absolute atomic E-state index is 12.9. The van der Waals surface area contributed by atoms with E-state index < -0.39 is 14.9 Å². The Labute approximate surface area is 178 Å². The number of nitrogens with one attached hydrogen (secondary N) is 2. The van der Waals surface area contributed by atoms with Crippen molar-refractivity contribution < 1.29 is 13.3 Å². The van der Waals surface area contributed by atoms with Crippen LogP contribution in [0.3, 0.4) is 0 Å². The second-order valence-corrected chi connectivity index (χ2v) is 8.44. The second-order valence-electron chi connectivity index (χ2n) is 6.76. The van der Waals surface area contributed by atoms with Gasteiger partial charge in [0.15, 0.2) is 11.6 Å². The molecular formula is C21H17N5O4S. The van der Waals surface area contributed by atoms with Gasteiger partial charge in [0.25, 0.3) is 15.7 Å². The van der Waals surface area contributed by atoms with E-state index in [9.17, 15) is 18.5 Å². The molecule has 0 saturated carbocycles. The van der Waals surface area contributed by atoms with Crippen LogP contribution in [0.25, 0.3) is 11.0 Å². The Bertz CT molecular complexity index is 1390. The van der Waals surface area contributed by atoms with Crippen molar-refractivity contribution in [2.24, 2.45) is 0 Å². The minimum atomic E-state index is -4.06. The van der Waals surface area contributed by atoms with Crippen LogP contribution >= 0.6 is 0 Å². The van der Waals surface area contributed by atoms with Crippen LogP contribution in [0.15, 0.2) is 77.7 Å². The smallest absolute Gasteiger partial charge is 0.269 e. The summed E-state index contributed by atoms with van der Waals surface area (Å²) in [6, 6.07) is 19.2. The molecule has 0 bridgehead atoms. The molecule has 0 fully saturated rings. The largest absolute Gasteiger partial charge is 0.337 e. The van der Waals surface area contributed by atoms with Crippen LogP contribution < -0.4 is 10.0 Å². The number of benzene rings is 3. The Kier molecular flexibility index (Phi) is 5.22. The van der Waals surface area contributed by atoms with Gasteiger partial charge in [-0.25, -0.2) is 18.4 Å². The molecule has 31 heavy (non-hydrogen) atoms. The van der Waals surface area contributed by atoms with Gasteiger partial charge < -0.3 is 5.32 Å². The molecule has 0 atom stereocenters. The molecule has 3 aromatic carbocycles. The Morgan fingerprint density at radius 3 is 2.13 bits per heavy atom. The van der Waals surface area contributed by atoms with E-state index in [0.717, 1.165) is 23.4 Å². The van der Waals surface area contributed by atoms with E-state index in [-0.39, 0.29) is 22.2 Å². The summed E-state index contributed by atoms with van der Waals surface area (Å²) in [4.78, 5) is 19.1. The van der Waals surface area contributed by atoms with E-state index in [1.54, 1.807) is 18.2 Å². The molecule has 0 amide bonds. The van der Waals surface area contributed by atoms with Gasteiger partial charge in [0.1, 0.15) is 0 Å². The van der Waals surface area contributed by atoms with Crippen molar-refractivity contribution in [3.63, 3.8) is 0 Å². The Balaban J connectivity index is 1.75. The summed E-state index contributed by atoms with van der Waals surface area (Å²) in [5, 5.41) is 13.9. The minimum absolute atomic E-state index is 0.0126. The molecule has 156 valence electrons. The molecule has 1 heterocycles. The zero-order chi connectivity index (χ0) is 22.0. The molecule has 0 radical (unpaired) electrons. The van der Waals surface area contributed by atoms with Crippen molar-refractivity contribution in [1.29, 1.82) is 0 Å². The summed E-state index contributed by atoms with van der Waals surface area (Å²) < 4.78 is 28.2. The molecule has 0 aliphatic carbocycles. The minimum Gasteiger partial charge on any atom is -0.337 e. The summed E-state index contributed by atoms with van der Waals surface area (Å²) in [6.07, 6.45) is 0. The highest BCUT2D eigenvalue weighted by Gasteiger charge is 2.20. The van der Waals surface area contributed by atoms with Gasteiger partial charge in [0.2, 0.25) is 0 Å². The van der Waals surface area contributed by atoms with Crippen molar-refractivity contribution >= 4 is 44.1 Å². The summed E-state index contributed by atoms with van der Waals surface area (Å²) >= 11 is 0. The van der Waals surface area contributed by atoms with Crippen LogP contribution in [0.1, 0.15) is 5.56 Å². The SMILES string of the molecule is Cc1cccc(Nc2nc3ccccc3nc2NS(=O)(=O)c2ccc([N+](=O)[O-])cc2)c1. The average Bonchev–Trinajstić information content (AvgIpc) is 2.74. The summed E-state index contributed by atoms with van der Waals surface area (Å²) in [6.45, 7) is 1.94. The topological polar surface area (TPSA) is 127 Å². The van der Waals surface area contributed by atoms with E-state index in [4.69, 9.17) is 0 Å². The Morgan fingerprint density at radius 2 is 1.52 bits per heavy atom. The number of nitro benzene ring substituents is 1. The fourth-order valence-electron chi connectivity index (χ4n) is 2.95. The molecule has 0 aliphatic heterocycles. The predicted octanol–water partition coefficient (Wildman–Crippen LogP) is 4.39. The van der Waals surface area contributed by atoms with Crippen molar-refractivity contribution in [3.8, 4) is 0 Å². The molecule has 4 aromatic rings. The molecule has 0 saturated heterocycles. The zero-order valence-corrected chi connectivity index (χ0v) is 17.1. The highest BCUT2D eigenvalue weighted by atomic mass is 32.2. The van der Waals surface area contributed by atoms with Crippen molar-refractivity contribution in [2.45, 2.75) is 11.8 Å². The molecule has 9 nitrogen and oxygen atoms in total. The summed E-state index contributed by atoms with van der Waals surface area (Å²) in [5.74, 6) is 0.244. The quantitative estimate of drug-likeness (QED) is 0.340. The lowest BCUT2D eigenvalue weighted by molar-refractivity contribution is -0.384. The van der Waals surface area contributed by atoms with E-state index in [0.29, 0.717) is 11.0 Å². The molecule has 2 N–H and O–H groups in total. The lowest BCUT2D eigenvalue weighted by Gasteiger charge is -2.14.